The highest BCUT2D eigenvalue weighted by Gasteiger charge is 2.13. The molecule has 0 aromatic heterocycles. The van der Waals surface area contributed by atoms with Gasteiger partial charge in [-0.25, -0.2) is 0 Å². The molecule has 0 heterocycles. The number of hydrogen-bond acceptors (Lipinski definition) is 2. The maximum atomic E-state index is 5.97. The molecule has 1 atom stereocenters. The molecule has 1 unspecified atom stereocenters. The lowest BCUT2D eigenvalue weighted by Crippen LogP contribution is -2.04. The highest BCUT2D eigenvalue weighted by atomic mass is 14.8. The monoisotopic (exact) mass is 225 g/mol. The highest BCUT2D eigenvalue weighted by molar-refractivity contribution is 5.57. The quantitative estimate of drug-likeness (QED) is 0.478. The Balaban J connectivity index is 2.47. The van der Waals surface area contributed by atoms with E-state index in [0.29, 0.717) is 0 Å². The van der Waals surface area contributed by atoms with E-state index in [0.717, 1.165) is 16.8 Å². The molecule has 0 aliphatic heterocycles. The van der Waals surface area contributed by atoms with Gasteiger partial charge in [-0.1, -0.05) is 48.5 Å². The zero-order chi connectivity index (χ0) is 12.1. The van der Waals surface area contributed by atoms with E-state index in [2.05, 4.69) is 4.99 Å². The van der Waals surface area contributed by atoms with E-state index in [1.54, 1.807) is 0 Å². The molecule has 0 fully saturated rings. The average molecular weight is 225 g/mol. The van der Waals surface area contributed by atoms with Gasteiger partial charge in [0.05, 0.1) is 6.34 Å². The van der Waals surface area contributed by atoms with E-state index in [1.807, 2.05) is 54.6 Å². The summed E-state index contributed by atoms with van der Waals surface area (Å²) in [4.78, 5) is 4.30. The molecule has 2 rings (SSSR count). The first-order valence-corrected chi connectivity index (χ1v) is 5.45. The van der Waals surface area contributed by atoms with Crippen LogP contribution in [-0.2, 0) is 0 Å². The molecule has 0 radical (unpaired) electrons. The lowest BCUT2D eigenvalue weighted by Gasteiger charge is -2.15. The number of rotatable bonds is 3. The molecule has 0 amide bonds. The molecule has 0 saturated heterocycles. The van der Waals surface area contributed by atoms with Crippen LogP contribution in [0.5, 0.6) is 0 Å². The van der Waals surface area contributed by atoms with Gasteiger partial charge in [0, 0.05) is 11.3 Å². The van der Waals surface area contributed by atoms with Gasteiger partial charge in [0.1, 0.15) is 6.04 Å². The van der Waals surface area contributed by atoms with Crippen molar-refractivity contribution in [3.05, 3.63) is 65.7 Å². The first-order valence-electron chi connectivity index (χ1n) is 5.45. The summed E-state index contributed by atoms with van der Waals surface area (Å²) in [6.07, 6.45) is 1.32. The molecule has 17 heavy (non-hydrogen) atoms. The zero-order valence-electron chi connectivity index (χ0n) is 9.45. The molecule has 2 aromatic carbocycles. The fourth-order valence-electron chi connectivity index (χ4n) is 1.83. The summed E-state index contributed by atoms with van der Waals surface area (Å²) in [6.45, 7) is 0. The minimum absolute atomic E-state index is 0.137. The number of benzene rings is 2. The maximum absolute atomic E-state index is 5.97. The lowest BCUT2D eigenvalue weighted by molar-refractivity contribution is 0.879. The molecule has 86 valence electrons. The van der Waals surface area contributed by atoms with Crippen molar-refractivity contribution in [2.24, 2.45) is 10.7 Å². The van der Waals surface area contributed by atoms with Crippen LogP contribution < -0.4 is 11.5 Å². The fourth-order valence-corrected chi connectivity index (χ4v) is 1.83. The second-order valence-electron chi connectivity index (χ2n) is 3.74. The smallest absolute Gasteiger partial charge is 0.104 e. The van der Waals surface area contributed by atoms with Gasteiger partial charge < -0.3 is 11.5 Å². The topological polar surface area (TPSA) is 64.4 Å². The van der Waals surface area contributed by atoms with Crippen molar-refractivity contribution in [3.8, 4) is 0 Å². The van der Waals surface area contributed by atoms with Crippen molar-refractivity contribution in [2.45, 2.75) is 6.04 Å². The second-order valence-corrected chi connectivity index (χ2v) is 3.74. The summed E-state index contributed by atoms with van der Waals surface area (Å²) in [7, 11) is 0. The van der Waals surface area contributed by atoms with Crippen molar-refractivity contribution in [1.29, 1.82) is 0 Å². The van der Waals surface area contributed by atoms with E-state index < -0.39 is 0 Å². The Bertz CT molecular complexity index is 506. The van der Waals surface area contributed by atoms with Crippen LogP contribution in [0.25, 0.3) is 0 Å². The van der Waals surface area contributed by atoms with Crippen molar-refractivity contribution in [3.63, 3.8) is 0 Å². The summed E-state index contributed by atoms with van der Waals surface area (Å²) in [5.74, 6) is 0. The van der Waals surface area contributed by atoms with E-state index in [-0.39, 0.29) is 6.04 Å². The van der Waals surface area contributed by atoms with Crippen molar-refractivity contribution >= 4 is 12.0 Å². The average Bonchev–Trinajstić information content (AvgIpc) is 2.38. The molecule has 0 aliphatic rings. The van der Waals surface area contributed by atoms with Gasteiger partial charge in [-0.15, -0.1) is 0 Å². The summed E-state index contributed by atoms with van der Waals surface area (Å²) in [5.41, 5.74) is 14.2. The number of anilines is 1. The van der Waals surface area contributed by atoms with Gasteiger partial charge in [0.2, 0.25) is 0 Å². The fraction of sp³-hybridized carbons (Fsp3) is 0.0714. The molecule has 0 bridgehead atoms. The number of hydrogen-bond donors (Lipinski definition) is 2. The van der Waals surface area contributed by atoms with Crippen LogP contribution in [0.15, 0.2) is 59.6 Å². The Morgan fingerprint density at radius 2 is 1.59 bits per heavy atom. The summed E-state index contributed by atoms with van der Waals surface area (Å²) >= 11 is 0. The number of nitrogen functional groups attached to an aromatic ring is 1. The standard InChI is InChI=1S/C14H15N3/c15-10-17-14(11-6-2-1-3-7-11)12-8-4-5-9-13(12)16/h1-10,14H,16H2,(H2,15,17). The minimum Gasteiger partial charge on any atom is -0.398 e. The van der Waals surface area contributed by atoms with Crippen LogP contribution in [0.1, 0.15) is 17.2 Å². The van der Waals surface area contributed by atoms with Crippen LogP contribution >= 0.6 is 0 Å². The molecule has 2 aromatic rings. The first-order chi connectivity index (χ1) is 8.33. The van der Waals surface area contributed by atoms with Crippen LogP contribution in [-0.4, -0.2) is 6.34 Å². The molecule has 0 saturated carbocycles. The van der Waals surface area contributed by atoms with E-state index in [9.17, 15) is 0 Å². The largest absolute Gasteiger partial charge is 0.398 e. The van der Waals surface area contributed by atoms with Gasteiger partial charge in [-0.3, -0.25) is 4.99 Å². The normalized spacial score (nSPS) is 12.7. The van der Waals surface area contributed by atoms with E-state index >= 15 is 0 Å². The predicted octanol–water partition coefficient (Wildman–Crippen LogP) is 2.35. The predicted molar refractivity (Wildman–Crippen MR) is 71.8 cm³/mol. The number of aliphatic imine (C=N–C) groups is 1. The van der Waals surface area contributed by atoms with Crippen LogP contribution in [0.4, 0.5) is 5.69 Å². The Labute approximate surface area is 101 Å². The minimum atomic E-state index is -0.137. The van der Waals surface area contributed by atoms with E-state index in [4.69, 9.17) is 11.5 Å². The van der Waals surface area contributed by atoms with Crippen molar-refractivity contribution in [2.75, 3.05) is 5.73 Å². The Hall–Kier alpha value is -2.29. The molecular formula is C14H15N3. The van der Waals surface area contributed by atoms with Crippen LogP contribution in [0.3, 0.4) is 0 Å². The third kappa shape index (κ3) is 2.45. The third-order valence-electron chi connectivity index (χ3n) is 2.64. The Morgan fingerprint density at radius 1 is 0.941 bits per heavy atom. The van der Waals surface area contributed by atoms with Gasteiger partial charge >= 0.3 is 0 Å². The molecular weight excluding hydrogens is 210 g/mol. The Kier molecular flexibility index (Phi) is 3.40. The molecule has 4 N–H and O–H groups in total. The Morgan fingerprint density at radius 3 is 2.24 bits per heavy atom. The maximum Gasteiger partial charge on any atom is 0.104 e. The van der Waals surface area contributed by atoms with Gasteiger partial charge in [0.15, 0.2) is 0 Å². The number of nitrogens with two attached hydrogens (primary N) is 2. The summed E-state index contributed by atoms with van der Waals surface area (Å²) in [6, 6.07) is 17.5. The zero-order valence-corrected chi connectivity index (χ0v) is 9.45. The first kappa shape index (κ1) is 11.2. The molecule has 3 heteroatoms. The van der Waals surface area contributed by atoms with Crippen molar-refractivity contribution in [1.82, 2.24) is 0 Å². The van der Waals surface area contributed by atoms with Gasteiger partial charge in [-0.05, 0) is 11.6 Å². The molecule has 0 spiro atoms. The number of nitrogens with zero attached hydrogens (tertiary/aromatic N) is 1. The highest BCUT2D eigenvalue weighted by Crippen LogP contribution is 2.29. The number of para-hydroxylation sites is 1. The summed E-state index contributed by atoms with van der Waals surface area (Å²) < 4.78 is 0. The SMILES string of the molecule is NC=NC(c1ccccc1)c1ccccc1N. The lowest BCUT2D eigenvalue weighted by atomic mass is 9.98. The van der Waals surface area contributed by atoms with Crippen LogP contribution in [0, 0.1) is 0 Å². The summed E-state index contributed by atoms with van der Waals surface area (Å²) in [5, 5.41) is 0. The second kappa shape index (κ2) is 5.16. The molecule has 0 aliphatic carbocycles. The molecule has 3 nitrogen and oxygen atoms in total. The van der Waals surface area contributed by atoms with Gasteiger partial charge in [-0.2, -0.15) is 0 Å². The van der Waals surface area contributed by atoms with Gasteiger partial charge in [0.25, 0.3) is 0 Å². The van der Waals surface area contributed by atoms with E-state index in [1.165, 1.54) is 6.34 Å². The van der Waals surface area contributed by atoms with Crippen LogP contribution in [0.2, 0.25) is 0 Å². The third-order valence-corrected chi connectivity index (χ3v) is 2.64. The van der Waals surface area contributed by atoms with Crippen molar-refractivity contribution < 1.29 is 0 Å².